The first kappa shape index (κ1) is 20.3. The number of aliphatic hydroxyl groups is 1. The van der Waals surface area contributed by atoms with Gasteiger partial charge in [-0.05, 0) is 58.6 Å². The fraction of sp³-hybridized carbons (Fsp3) is 0.611. The van der Waals surface area contributed by atoms with Gasteiger partial charge >= 0.3 is 6.09 Å². The number of hydrogen-bond acceptors (Lipinski definition) is 4. The number of nitrogens with one attached hydrogen (secondary N) is 1. The molecule has 1 amide bonds. The molecule has 0 bridgehead atoms. The van der Waals surface area contributed by atoms with Gasteiger partial charge in [0.15, 0.2) is 0 Å². The van der Waals surface area contributed by atoms with Crippen molar-refractivity contribution < 1.29 is 19.8 Å². The first-order valence-electron chi connectivity index (χ1n) is 8.28. The van der Waals surface area contributed by atoms with Gasteiger partial charge in [-0.25, -0.2) is 4.79 Å². The summed E-state index contributed by atoms with van der Waals surface area (Å²) in [5.74, 6) is 0. The summed E-state index contributed by atoms with van der Waals surface area (Å²) in [5, 5.41) is 23.1. The molecule has 0 saturated heterocycles. The van der Waals surface area contributed by atoms with E-state index in [-0.39, 0.29) is 6.61 Å². The molecule has 0 unspecified atom stereocenters. The average molecular weight is 338 g/mol. The number of anilines is 1. The van der Waals surface area contributed by atoms with Crippen LogP contribution in [0.25, 0.3) is 0 Å². The van der Waals surface area contributed by atoms with Crippen molar-refractivity contribution >= 4 is 11.8 Å². The lowest BCUT2D eigenvalue weighted by Gasteiger charge is -2.32. The smallest absolute Gasteiger partial charge is 0.431 e. The Morgan fingerprint density at radius 1 is 1.29 bits per heavy atom. The van der Waals surface area contributed by atoms with E-state index in [0.717, 1.165) is 17.2 Å². The molecule has 0 aliphatic rings. The monoisotopic (exact) mass is 338 g/mol. The van der Waals surface area contributed by atoms with Gasteiger partial charge in [-0.3, -0.25) is 4.84 Å². The van der Waals surface area contributed by atoms with E-state index in [1.165, 1.54) is 11.1 Å². The number of aryl methyl sites for hydroxylation is 2. The van der Waals surface area contributed by atoms with Gasteiger partial charge in [-0.15, -0.1) is 0 Å². The maximum absolute atomic E-state index is 11.4. The van der Waals surface area contributed by atoms with E-state index in [1.54, 1.807) is 20.8 Å². The van der Waals surface area contributed by atoms with Crippen molar-refractivity contribution in [2.24, 2.45) is 0 Å². The van der Waals surface area contributed by atoms with Crippen LogP contribution in [0.4, 0.5) is 10.5 Å². The lowest BCUT2D eigenvalue weighted by Crippen LogP contribution is -2.46. The van der Waals surface area contributed by atoms with Crippen molar-refractivity contribution in [2.75, 3.05) is 18.5 Å². The van der Waals surface area contributed by atoms with Gasteiger partial charge in [0.25, 0.3) is 0 Å². The first-order chi connectivity index (χ1) is 11.2. The third-order valence-electron chi connectivity index (χ3n) is 3.60. The van der Waals surface area contributed by atoms with Crippen LogP contribution >= 0.6 is 0 Å². The van der Waals surface area contributed by atoms with Gasteiger partial charge in [-0.2, -0.15) is 5.06 Å². The second-order valence-corrected chi connectivity index (χ2v) is 6.98. The molecule has 0 aliphatic carbocycles. The molecule has 24 heavy (non-hydrogen) atoms. The molecule has 0 radical (unpaired) electrons. The number of amides is 1. The van der Waals surface area contributed by atoms with Crippen LogP contribution in [0.2, 0.25) is 0 Å². The SMILES string of the molecule is Cc1cccc(C)c1NCCC[C@@H](CO)N(OC(C)(C)C)C(=O)O. The predicted octanol–water partition coefficient (Wildman–Crippen LogP) is 3.57. The second kappa shape index (κ2) is 8.89. The largest absolute Gasteiger partial charge is 0.463 e. The minimum atomic E-state index is -1.19. The summed E-state index contributed by atoms with van der Waals surface area (Å²) in [6.45, 7) is 9.86. The van der Waals surface area contributed by atoms with Crippen LogP contribution in [-0.2, 0) is 4.84 Å². The van der Waals surface area contributed by atoms with Gasteiger partial charge < -0.3 is 15.5 Å². The number of rotatable bonds is 8. The number of aliphatic hydroxyl groups excluding tert-OH is 1. The Labute approximate surface area is 144 Å². The minimum absolute atomic E-state index is 0.272. The molecule has 1 atom stereocenters. The molecule has 0 saturated carbocycles. The fourth-order valence-electron chi connectivity index (χ4n) is 2.49. The fourth-order valence-corrected chi connectivity index (χ4v) is 2.49. The normalized spacial score (nSPS) is 12.8. The average Bonchev–Trinajstić information content (AvgIpc) is 2.47. The Morgan fingerprint density at radius 2 is 1.88 bits per heavy atom. The van der Waals surface area contributed by atoms with Crippen LogP contribution < -0.4 is 5.32 Å². The van der Waals surface area contributed by atoms with E-state index >= 15 is 0 Å². The molecular weight excluding hydrogens is 308 g/mol. The minimum Gasteiger partial charge on any atom is -0.463 e. The second-order valence-electron chi connectivity index (χ2n) is 6.98. The van der Waals surface area contributed by atoms with Crippen molar-refractivity contribution in [3.63, 3.8) is 0 Å². The molecule has 0 aliphatic heterocycles. The number of carbonyl (C=O) groups is 1. The lowest BCUT2D eigenvalue weighted by molar-refractivity contribution is -0.228. The zero-order valence-electron chi connectivity index (χ0n) is 15.3. The summed E-state index contributed by atoms with van der Waals surface area (Å²) < 4.78 is 0. The number of nitrogens with zero attached hydrogens (tertiary/aromatic N) is 1. The van der Waals surface area contributed by atoms with Crippen molar-refractivity contribution in [3.05, 3.63) is 29.3 Å². The molecule has 0 spiro atoms. The molecule has 1 aromatic rings. The Morgan fingerprint density at radius 3 is 2.33 bits per heavy atom. The molecule has 1 aromatic carbocycles. The zero-order chi connectivity index (χ0) is 18.3. The van der Waals surface area contributed by atoms with Crippen molar-refractivity contribution in [3.8, 4) is 0 Å². The summed E-state index contributed by atoms with van der Waals surface area (Å²) >= 11 is 0. The highest BCUT2D eigenvalue weighted by atomic mass is 16.7. The highest BCUT2D eigenvalue weighted by molar-refractivity contribution is 5.64. The number of hydroxylamine groups is 2. The van der Waals surface area contributed by atoms with Crippen molar-refractivity contribution in [2.45, 2.75) is 59.1 Å². The topological polar surface area (TPSA) is 82.0 Å². The van der Waals surface area contributed by atoms with Gasteiger partial charge in [0.05, 0.1) is 18.2 Å². The Balaban J connectivity index is 2.58. The number of benzene rings is 1. The first-order valence-corrected chi connectivity index (χ1v) is 8.28. The maximum atomic E-state index is 11.4. The Bertz CT molecular complexity index is 520. The van der Waals surface area contributed by atoms with Crippen molar-refractivity contribution in [1.29, 1.82) is 0 Å². The number of hydrogen-bond donors (Lipinski definition) is 3. The molecule has 0 fully saturated rings. The molecule has 1 rings (SSSR count). The van der Waals surface area contributed by atoms with Crippen LogP contribution in [0.1, 0.15) is 44.7 Å². The number of carboxylic acid groups (broad SMARTS) is 1. The molecule has 3 N–H and O–H groups in total. The van der Waals surface area contributed by atoms with Gasteiger partial charge in [0.2, 0.25) is 0 Å². The van der Waals surface area contributed by atoms with Gasteiger partial charge in [0, 0.05) is 12.2 Å². The van der Waals surface area contributed by atoms with E-state index in [1.807, 2.05) is 6.07 Å². The van der Waals surface area contributed by atoms with Crippen LogP contribution in [0.15, 0.2) is 18.2 Å². The molecule has 6 nitrogen and oxygen atoms in total. The molecule has 6 heteroatoms. The highest BCUT2D eigenvalue weighted by Gasteiger charge is 2.28. The van der Waals surface area contributed by atoms with Crippen LogP contribution in [0, 0.1) is 13.8 Å². The Kier molecular flexibility index (Phi) is 7.51. The van der Waals surface area contributed by atoms with Gasteiger partial charge in [-0.1, -0.05) is 18.2 Å². The molecule has 0 heterocycles. The van der Waals surface area contributed by atoms with E-state index in [2.05, 4.69) is 31.3 Å². The Hall–Kier alpha value is -1.79. The van der Waals surface area contributed by atoms with Crippen LogP contribution in [0.5, 0.6) is 0 Å². The van der Waals surface area contributed by atoms with E-state index in [0.29, 0.717) is 13.0 Å². The highest BCUT2D eigenvalue weighted by Crippen LogP contribution is 2.20. The van der Waals surface area contributed by atoms with Crippen LogP contribution in [0.3, 0.4) is 0 Å². The van der Waals surface area contributed by atoms with Crippen molar-refractivity contribution in [1.82, 2.24) is 5.06 Å². The third-order valence-corrected chi connectivity index (χ3v) is 3.60. The third kappa shape index (κ3) is 6.37. The number of para-hydroxylation sites is 1. The summed E-state index contributed by atoms with van der Waals surface area (Å²) in [7, 11) is 0. The van der Waals surface area contributed by atoms with E-state index in [4.69, 9.17) is 4.84 Å². The standard InChI is InChI=1S/C18H30N2O4/c1-13-8-6-9-14(2)16(13)19-11-7-10-15(12-21)20(17(22)23)24-18(3,4)5/h6,8-9,15,19,21H,7,10-12H2,1-5H3,(H,22,23)/t15-/m0/s1. The molecular formula is C18H30N2O4. The van der Waals surface area contributed by atoms with Crippen LogP contribution in [-0.4, -0.2) is 46.2 Å². The summed E-state index contributed by atoms with van der Waals surface area (Å²) in [4.78, 5) is 16.9. The molecule has 136 valence electrons. The lowest BCUT2D eigenvalue weighted by atomic mass is 10.1. The van der Waals surface area contributed by atoms with E-state index in [9.17, 15) is 15.0 Å². The summed E-state index contributed by atoms with van der Waals surface area (Å²) in [6, 6.07) is 5.54. The predicted molar refractivity (Wildman–Crippen MR) is 95.2 cm³/mol. The quantitative estimate of drug-likeness (QED) is 0.499. The van der Waals surface area contributed by atoms with Gasteiger partial charge in [0.1, 0.15) is 0 Å². The maximum Gasteiger partial charge on any atom is 0.431 e. The zero-order valence-corrected chi connectivity index (χ0v) is 15.3. The molecule has 0 aromatic heterocycles. The van der Waals surface area contributed by atoms with E-state index < -0.39 is 17.7 Å². The summed E-state index contributed by atoms with van der Waals surface area (Å²) in [5.41, 5.74) is 2.83. The summed E-state index contributed by atoms with van der Waals surface area (Å²) in [6.07, 6.45) is 0.0410.